The smallest absolute Gasteiger partial charge is 0.277 e. The first kappa shape index (κ1) is 19.5. The first-order valence-electron chi connectivity index (χ1n) is 8.11. The van der Waals surface area contributed by atoms with Crippen LogP contribution in [-0.2, 0) is 4.79 Å². The van der Waals surface area contributed by atoms with Crippen LogP contribution in [-0.4, -0.2) is 51.8 Å². The van der Waals surface area contributed by atoms with Crippen molar-refractivity contribution < 1.29 is 20.1 Å². The molecule has 8 nitrogen and oxygen atoms in total. The topological polar surface area (TPSA) is 127 Å². The van der Waals surface area contributed by atoms with Crippen molar-refractivity contribution in [3.05, 3.63) is 62.8 Å². The van der Waals surface area contributed by atoms with Gasteiger partial charge in [0.25, 0.3) is 5.91 Å². The molecule has 1 amide bonds. The normalized spacial score (nSPS) is 18.7. The number of aliphatic hydroxyl groups excluding tert-OH is 3. The molecule has 2 aromatic carbocycles. The van der Waals surface area contributed by atoms with Gasteiger partial charge in [-0.15, -0.1) is 0 Å². The highest BCUT2D eigenvalue weighted by atomic mass is 127. The van der Waals surface area contributed by atoms with Gasteiger partial charge in [0, 0.05) is 3.57 Å². The number of nitrogens with one attached hydrogen (secondary N) is 1. The lowest BCUT2D eigenvalue weighted by Gasteiger charge is -2.22. The van der Waals surface area contributed by atoms with Crippen LogP contribution in [0.25, 0.3) is 0 Å². The van der Waals surface area contributed by atoms with E-state index in [1.54, 1.807) is 36.4 Å². The molecule has 27 heavy (non-hydrogen) atoms. The van der Waals surface area contributed by atoms with E-state index in [1.807, 2.05) is 12.1 Å². The summed E-state index contributed by atoms with van der Waals surface area (Å²) in [5.41, 5.74) is 3.25. The first-order chi connectivity index (χ1) is 13.0. The SMILES string of the molecule is O=C1N=c2ccccc2=NC1/C(=N\Nc1ccc(I)cc1)C(O)C(O)CO. The highest BCUT2D eigenvalue weighted by Gasteiger charge is 2.34. The van der Waals surface area contributed by atoms with E-state index < -0.39 is 30.8 Å². The number of carbonyl (C=O) groups is 1. The molecule has 0 bridgehead atoms. The summed E-state index contributed by atoms with van der Waals surface area (Å²) >= 11 is 2.16. The number of nitrogens with zero attached hydrogens (tertiary/aromatic N) is 3. The Balaban J connectivity index is 1.99. The number of hydrazone groups is 1. The van der Waals surface area contributed by atoms with Gasteiger partial charge in [-0.05, 0) is 59.0 Å². The molecule has 3 unspecified atom stereocenters. The van der Waals surface area contributed by atoms with Gasteiger partial charge in [-0.3, -0.25) is 15.2 Å². The van der Waals surface area contributed by atoms with E-state index in [4.69, 9.17) is 5.11 Å². The summed E-state index contributed by atoms with van der Waals surface area (Å²) in [4.78, 5) is 20.8. The van der Waals surface area contributed by atoms with Crippen LogP contribution >= 0.6 is 22.6 Å². The van der Waals surface area contributed by atoms with Gasteiger partial charge in [0.1, 0.15) is 17.9 Å². The average molecular weight is 480 g/mol. The number of aliphatic hydroxyl groups is 3. The van der Waals surface area contributed by atoms with Crippen LogP contribution < -0.4 is 16.1 Å². The molecule has 3 atom stereocenters. The van der Waals surface area contributed by atoms with Gasteiger partial charge < -0.3 is 15.3 Å². The van der Waals surface area contributed by atoms with Crippen molar-refractivity contribution >= 4 is 39.9 Å². The summed E-state index contributed by atoms with van der Waals surface area (Å²) in [6.45, 7) is -0.696. The molecule has 0 saturated heterocycles. The summed E-state index contributed by atoms with van der Waals surface area (Å²) in [7, 11) is 0. The third kappa shape index (κ3) is 4.56. The number of amides is 1. The molecule has 0 spiro atoms. The number of hydrogen-bond donors (Lipinski definition) is 4. The Morgan fingerprint density at radius 2 is 1.81 bits per heavy atom. The first-order valence-corrected chi connectivity index (χ1v) is 9.19. The van der Waals surface area contributed by atoms with Gasteiger partial charge in [-0.25, -0.2) is 4.99 Å². The fourth-order valence-electron chi connectivity index (χ4n) is 2.47. The van der Waals surface area contributed by atoms with Crippen molar-refractivity contribution in [2.75, 3.05) is 12.0 Å². The molecular formula is C18H17IN4O4. The Morgan fingerprint density at radius 3 is 2.48 bits per heavy atom. The quantitative estimate of drug-likeness (QED) is 0.255. The molecular weight excluding hydrogens is 463 g/mol. The minimum absolute atomic E-state index is 0.127. The lowest BCUT2D eigenvalue weighted by atomic mass is 10.0. The fraction of sp³-hybridized carbons (Fsp3) is 0.222. The lowest BCUT2D eigenvalue weighted by molar-refractivity contribution is -0.118. The number of para-hydroxylation sites is 2. The van der Waals surface area contributed by atoms with Gasteiger partial charge in [0.05, 0.1) is 23.0 Å². The van der Waals surface area contributed by atoms with Crippen molar-refractivity contribution in [1.82, 2.24) is 0 Å². The Morgan fingerprint density at radius 1 is 1.15 bits per heavy atom. The molecule has 3 rings (SSSR count). The highest BCUT2D eigenvalue weighted by molar-refractivity contribution is 14.1. The minimum atomic E-state index is -1.59. The number of carbonyl (C=O) groups excluding carboxylic acids is 1. The zero-order valence-electron chi connectivity index (χ0n) is 14.0. The highest BCUT2D eigenvalue weighted by Crippen LogP contribution is 2.13. The molecule has 9 heteroatoms. The zero-order valence-corrected chi connectivity index (χ0v) is 16.2. The molecule has 1 heterocycles. The Hall–Kier alpha value is -2.21. The second-order valence-corrected chi connectivity index (χ2v) is 7.07. The van der Waals surface area contributed by atoms with E-state index in [9.17, 15) is 15.0 Å². The summed E-state index contributed by atoms with van der Waals surface area (Å²) < 4.78 is 1.03. The summed E-state index contributed by atoms with van der Waals surface area (Å²) in [5.74, 6) is -0.610. The Bertz CT molecular complexity index is 978. The van der Waals surface area contributed by atoms with Crippen molar-refractivity contribution in [2.45, 2.75) is 18.2 Å². The fourth-order valence-corrected chi connectivity index (χ4v) is 2.83. The van der Waals surface area contributed by atoms with Crippen molar-refractivity contribution in [2.24, 2.45) is 15.1 Å². The van der Waals surface area contributed by atoms with E-state index in [0.29, 0.717) is 16.4 Å². The number of halogens is 1. The molecule has 1 aliphatic rings. The maximum atomic E-state index is 12.4. The summed E-state index contributed by atoms with van der Waals surface area (Å²) in [6.07, 6.45) is -3.10. The number of rotatable bonds is 6. The van der Waals surface area contributed by atoms with Gasteiger partial charge in [0.2, 0.25) is 0 Å². The molecule has 4 N–H and O–H groups in total. The van der Waals surface area contributed by atoms with Crippen LogP contribution in [0.5, 0.6) is 0 Å². The van der Waals surface area contributed by atoms with Crippen LogP contribution in [0.1, 0.15) is 0 Å². The van der Waals surface area contributed by atoms with E-state index in [0.717, 1.165) is 3.57 Å². The Kier molecular flexibility index (Phi) is 6.26. The molecule has 1 aliphatic heterocycles. The van der Waals surface area contributed by atoms with Gasteiger partial charge in [-0.2, -0.15) is 5.10 Å². The van der Waals surface area contributed by atoms with Crippen LogP contribution in [0.3, 0.4) is 0 Å². The Labute approximate surface area is 168 Å². The van der Waals surface area contributed by atoms with Crippen LogP contribution in [0.4, 0.5) is 5.69 Å². The molecule has 0 aliphatic carbocycles. The monoisotopic (exact) mass is 480 g/mol. The van der Waals surface area contributed by atoms with Crippen molar-refractivity contribution in [3.8, 4) is 0 Å². The molecule has 0 fully saturated rings. The number of anilines is 1. The molecule has 0 radical (unpaired) electrons. The molecule has 2 aromatic rings. The minimum Gasteiger partial charge on any atom is -0.394 e. The van der Waals surface area contributed by atoms with Gasteiger partial charge >= 0.3 is 0 Å². The standard InChI is InChI=1S/C18H17IN4O4/c19-10-5-7-11(8-6-10)22-23-15(17(26)14(25)9-24)16-18(27)21-13-4-2-1-3-12(13)20-16/h1-8,14,16-17,22,24-26H,9H2/b23-15+. The van der Waals surface area contributed by atoms with E-state index >= 15 is 0 Å². The van der Waals surface area contributed by atoms with E-state index in [1.165, 1.54) is 0 Å². The molecule has 0 aromatic heterocycles. The summed E-state index contributed by atoms with van der Waals surface area (Å²) in [6, 6.07) is 12.9. The van der Waals surface area contributed by atoms with E-state index in [2.05, 4.69) is 43.1 Å². The molecule has 140 valence electrons. The van der Waals surface area contributed by atoms with Crippen molar-refractivity contribution in [3.63, 3.8) is 0 Å². The van der Waals surface area contributed by atoms with Crippen LogP contribution in [0.2, 0.25) is 0 Å². The van der Waals surface area contributed by atoms with Gasteiger partial charge in [0.15, 0.2) is 6.04 Å². The largest absolute Gasteiger partial charge is 0.394 e. The maximum Gasteiger partial charge on any atom is 0.277 e. The second kappa shape index (κ2) is 8.65. The van der Waals surface area contributed by atoms with Gasteiger partial charge in [-0.1, -0.05) is 12.1 Å². The summed E-state index contributed by atoms with van der Waals surface area (Å²) in [5, 5.41) is 34.4. The maximum absolute atomic E-state index is 12.4. The second-order valence-electron chi connectivity index (χ2n) is 5.82. The van der Waals surface area contributed by atoms with Crippen molar-refractivity contribution in [1.29, 1.82) is 0 Å². The average Bonchev–Trinajstić information content (AvgIpc) is 2.68. The third-order valence-electron chi connectivity index (χ3n) is 3.91. The van der Waals surface area contributed by atoms with E-state index in [-0.39, 0.29) is 5.71 Å². The zero-order chi connectivity index (χ0) is 19.4. The molecule has 0 saturated carbocycles. The number of fused-ring (bicyclic) bond motifs is 1. The lowest BCUT2D eigenvalue weighted by Crippen LogP contribution is -2.48. The number of hydrogen-bond acceptors (Lipinski definition) is 7. The number of benzene rings is 2. The predicted octanol–water partition coefficient (Wildman–Crippen LogP) is -0.379. The van der Waals surface area contributed by atoms with Crippen LogP contribution in [0, 0.1) is 3.57 Å². The van der Waals surface area contributed by atoms with Crippen LogP contribution in [0.15, 0.2) is 63.6 Å². The predicted molar refractivity (Wildman–Crippen MR) is 107 cm³/mol. The third-order valence-corrected chi connectivity index (χ3v) is 4.63.